The van der Waals surface area contributed by atoms with Crippen molar-refractivity contribution in [1.82, 2.24) is 20.3 Å². The largest absolute Gasteiger partial charge is 0.378 e. The van der Waals surface area contributed by atoms with Crippen molar-refractivity contribution in [3.8, 4) is 0 Å². The first-order chi connectivity index (χ1) is 12.2. The Bertz CT molecular complexity index is 714. The fourth-order valence-corrected chi connectivity index (χ4v) is 2.83. The summed E-state index contributed by atoms with van der Waals surface area (Å²) in [7, 11) is 0. The molecule has 0 aliphatic carbocycles. The number of morpholine rings is 1. The topological polar surface area (TPSA) is 80.2 Å². The van der Waals surface area contributed by atoms with E-state index >= 15 is 0 Å². The molecule has 0 spiro atoms. The molecular weight excluding hydrogens is 318 g/mol. The number of hydrogen-bond acceptors (Lipinski definition) is 6. The van der Waals surface area contributed by atoms with Crippen LogP contribution < -0.4 is 10.2 Å². The summed E-state index contributed by atoms with van der Waals surface area (Å²) < 4.78 is 5.32. The minimum Gasteiger partial charge on any atom is -0.378 e. The third-order valence-electron chi connectivity index (χ3n) is 4.29. The minimum absolute atomic E-state index is 0.132. The van der Waals surface area contributed by atoms with Crippen LogP contribution in [0.15, 0.2) is 30.7 Å². The van der Waals surface area contributed by atoms with Crippen molar-refractivity contribution in [2.75, 3.05) is 31.2 Å². The van der Waals surface area contributed by atoms with Gasteiger partial charge in [-0.15, -0.1) is 0 Å². The Hall–Kier alpha value is -2.54. The van der Waals surface area contributed by atoms with Crippen LogP contribution in [0.5, 0.6) is 0 Å². The van der Waals surface area contributed by atoms with E-state index in [4.69, 9.17) is 4.74 Å². The Balaban J connectivity index is 1.69. The van der Waals surface area contributed by atoms with Gasteiger partial charge in [-0.05, 0) is 25.0 Å². The number of amides is 1. The molecule has 1 saturated heterocycles. The molecule has 0 unspecified atom stereocenters. The van der Waals surface area contributed by atoms with Crippen molar-refractivity contribution >= 4 is 11.9 Å². The van der Waals surface area contributed by atoms with E-state index in [1.165, 1.54) is 0 Å². The fraction of sp³-hybridized carbons (Fsp3) is 0.444. The van der Waals surface area contributed by atoms with Crippen LogP contribution >= 0.6 is 0 Å². The summed E-state index contributed by atoms with van der Waals surface area (Å²) in [6.45, 7) is 6.90. The molecule has 132 valence electrons. The van der Waals surface area contributed by atoms with Crippen LogP contribution in [0.3, 0.4) is 0 Å². The number of rotatable bonds is 5. The van der Waals surface area contributed by atoms with Crippen LogP contribution in [0.2, 0.25) is 0 Å². The van der Waals surface area contributed by atoms with Crippen molar-refractivity contribution in [3.05, 3.63) is 47.5 Å². The van der Waals surface area contributed by atoms with Crippen molar-refractivity contribution in [1.29, 1.82) is 0 Å². The second-order valence-corrected chi connectivity index (χ2v) is 6.01. The first-order valence-corrected chi connectivity index (χ1v) is 8.56. The van der Waals surface area contributed by atoms with E-state index in [0.717, 1.165) is 30.8 Å². The fourth-order valence-electron chi connectivity index (χ4n) is 2.83. The van der Waals surface area contributed by atoms with Gasteiger partial charge in [0.25, 0.3) is 5.91 Å². The summed E-state index contributed by atoms with van der Waals surface area (Å²) in [6, 6.07) is 3.76. The summed E-state index contributed by atoms with van der Waals surface area (Å²) in [5, 5.41) is 3.02. The van der Waals surface area contributed by atoms with Gasteiger partial charge in [0.15, 0.2) is 0 Å². The van der Waals surface area contributed by atoms with E-state index < -0.39 is 0 Å². The van der Waals surface area contributed by atoms with Crippen molar-refractivity contribution in [3.63, 3.8) is 0 Å². The number of aromatic nitrogens is 3. The predicted molar refractivity (Wildman–Crippen MR) is 94.5 cm³/mol. The molecule has 2 aromatic heterocycles. The highest BCUT2D eigenvalue weighted by atomic mass is 16.5. The van der Waals surface area contributed by atoms with Gasteiger partial charge < -0.3 is 15.0 Å². The van der Waals surface area contributed by atoms with E-state index in [-0.39, 0.29) is 11.9 Å². The number of hydrogen-bond donors (Lipinski definition) is 1. The Morgan fingerprint density at radius 1 is 1.28 bits per heavy atom. The highest BCUT2D eigenvalue weighted by Crippen LogP contribution is 2.18. The standard InChI is InChI=1S/C18H23N5O2/c1-3-15(16-13(2)5-4-6-19-16)22-17(24)14-11-20-18(21-12-14)23-7-9-25-10-8-23/h4-6,11-12,15H,3,7-10H2,1-2H3,(H,22,24)/t15-/m1/s1. The van der Waals surface area contributed by atoms with Gasteiger partial charge in [0, 0.05) is 31.7 Å². The minimum atomic E-state index is -0.189. The first-order valence-electron chi connectivity index (χ1n) is 8.56. The number of anilines is 1. The van der Waals surface area contributed by atoms with Crippen LogP contribution in [0.4, 0.5) is 5.95 Å². The Morgan fingerprint density at radius 2 is 2.00 bits per heavy atom. The van der Waals surface area contributed by atoms with Gasteiger partial charge in [0.05, 0.1) is 30.5 Å². The number of ether oxygens (including phenoxy) is 1. The number of carbonyl (C=O) groups excluding carboxylic acids is 1. The van der Waals surface area contributed by atoms with Gasteiger partial charge in [-0.2, -0.15) is 0 Å². The Labute approximate surface area is 147 Å². The third kappa shape index (κ3) is 4.11. The smallest absolute Gasteiger partial charge is 0.254 e. The molecule has 0 radical (unpaired) electrons. The quantitative estimate of drug-likeness (QED) is 0.895. The summed E-state index contributed by atoms with van der Waals surface area (Å²) >= 11 is 0. The van der Waals surface area contributed by atoms with E-state index in [2.05, 4.69) is 25.2 Å². The lowest BCUT2D eigenvalue weighted by molar-refractivity contribution is 0.0933. The van der Waals surface area contributed by atoms with Crippen LogP contribution in [-0.4, -0.2) is 47.2 Å². The molecule has 25 heavy (non-hydrogen) atoms. The molecule has 1 aliphatic rings. The lowest BCUT2D eigenvalue weighted by Gasteiger charge is -2.26. The molecule has 0 saturated carbocycles. The van der Waals surface area contributed by atoms with Gasteiger partial charge in [0.1, 0.15) is 0 Å². The molecule has 1 aliphatic heterocycles. The van der Waals surface area contributed by atoms with Crippen molar-refractivity contribution in [2.45, 2.75) is 26.3 Å². The van der Waals surface area contributed by atoms with Gasteiger partial charge in [0.2, 0.25) is 5.95 Å². The van der Waals surface area contributed by atoms with Crippen molar-refractivity contribution in [2.24, 2.45) is 0 Å². The summed E-state index contributed by atoms with van der Waals surface area (Å²) in [4.78, 5) is 27.7. The zero-order valence-electron chi connectivity index (χ0n) is 14.6. The molecule has 2 aromatic rings. The highest BCUT2D eigenvalue weighted by Gasteiger charge is 2.18. The molecule has 1 atom stereocenters. The Kier molecular flexibility index (Phi) is 5.55. The van der Waals surface area contributed by atoms with Crippen LogP contribution in [0.1, 0.15) is 41.0 Å². The van der Waals surface area contributed by atoms with E-state index in [9.17, 15) is 4.79 Å². The lowest BCUT2D eigenvalue weighted by atomic mass is 10.1. The molecule has 3 heterocycles. The van der Waals surface area contributed by atoms with E-state index in [0.29, 0.717) is 24.7 Å². The summed E-state index contributed by atoms with van der Waals surface area (Å²) in [5.41, 5.74) is 2.40. The second kappa shape index (κ2) is 8.02. The number of nitrogens with one attached hydrogen (secondary N) is 1. The normalized spacial score (nSPS) is 15.7. The molecule has 1 amide bonds. The monoisotopic (exact) mass is 341 g/mol. The zero-order valence-corrected chi connectivity index (χ0v) is 14.6. The molecule has 7 nitrogen and oxygen atoms in total. The number of carbonyl (C=O) groups is 1. The average molecular weight is 341 g/mol. The zero-order chi connectivity index (χ0) is 17.6. The molecular formula is C18H23N5O2. The molecule has 3 rings (SSSR count). The van der Waals surface area contributed by atoms with Gasteiger partial charge in [-0.3, -0.25) is 9.78 Å². The highest BCUT2D eigenvalue weighted by molar-refractivity contribution is 5.93. The summed E-state index contributed by atoms with van der Waals surface area (Å²) in [6.07, 6.45) is 5.66. The second-order valence-electron chi connectivity index (χ2n) is 6.01. The van der Waals surface area contributed by atoms with Crippen LogP contribution in [-0.2, 0) is 4.74 Å². The molecule has 1 N–H and O–H groups in total. The van der Waals surface area contributed by atoms with Gasteiger partial charge in [-0.25, -0.2) is 9.97 Å². The maximum absolute atomic E-state index is 12.5. The van der Waals surface area contributed by atoms with Crippen LogP contribution in [0.25, 0.3) is 0 Å². The van der Waals surface area contributed by atoms with Crippen LogP contribution in [0, 0.1) is 6.92 Å². The van der Waals surface area contributed by atoms with E-state index in [1.807, 2.05) is 26.0 Å². The first kappa shape index (κ1) is 17.3. The predicted octanol–water partition coefficient (Wildman–Crippen LogP) is 1.90. The molecule has 7 heteroatoms. The number of aryl methyl sites for hydroxylation is 1. The maximum atomic E-state index is 12.5. The third-order valence-corrected chi connectivity index (χ3v) is 4.29. The number of nitrogens with zero attached hydrogens (tertiary/aromatic N) is 4. The average Bonchev–Trinajstić information content (AvgIpc) is 2.67. The van der Waals surface area contributed by atoms with Gasteiger partial charge in [-0.1, -0.05) is 13.0 Å². The maximum Gasteiger partial charge on any atom is 0.254 e. The van der Waals surface area contributed by atoms with E-state index in [1.54, 1.807) is 18.6 Å². The van der Waals surface area contributed by atoms with Crippen molar-refractivity contribution < 1.29 is 9.53 Å². The van der Waals surface area contributed by atoms with Gasteiger partial charge >= 0.3 is 0 Å². The molecule has 0 bridgehead atoms. The molecule has 0 aromatic carbocycles. The SMILES string of the molecule is CC[C@@H](NC(=O)c1cnc(N2CCOCC2)nc1)c1ncccc1C. The lowest BCUT2D eigenvalue weighted by Crippen LogP contribution is -2.37. The Morgan fingerprint density at radius 3 is 2.64 bits per heavy atom. The molecule has 1 fully saturated rings. The number of pyridine rings is 1. The summed E-state index contributed by atoms with van der Waals surface area (Å²) in [5.74, 6) is 0.442.